The van der Waals surface area contributed by atoms with Crippen molar-refractivity contribution < 1.29 is 22.7 Å². The molecule has 10 heteroatoms. The first kappa shape index (κ1) is 19.6. The van der Waals surface area contributed by atoms with Gasteiger partial charge in [-0.1, -0.05) is 23.2 Å². The summed E-state index contributed by atoms with van der Waals surface area (Å²) in [7, 11) is -3.74. The topological polar surface area (TPSA) is 84.9 Å². The summed E-state index contributed by atoms with van der Waals surface area (Å²) < 4.78 is 36.1. The molecular formula is C17H16Cl2N2O5S. The van der Waals surface area contributed by atoms with E-state index in [0.29, 0.717) is 30.4 Å². The largest absolute Gasteiger partial charge is 0.486 e. The van der Waals surface area contributed by atoms with E-state index in [2.05, 4.69) is 5.32 Å². The lowest BCUT2D eigenvalue weighted by Crippen LogP contribution is -2.37. The Balaban J connectivity index is 1.79. The number of hydrogen-bond donors (Lipinski definition) is 1. The number of amides is 1. The molecule has 0 atom stereocenters. The predicted molar refractivity (Wildman–Crippen MR) is 105 cm³/mol. The van der Waals surface area contributed by atoms with Crippen molar-refractivity contribution in [1.29, 1.82) is 0 Å². The third kappa shape index (κ3) is 4.97. The van der Waals surface area contributed by atoms with Gasteiger partial charge in [0, 0.05) is 21.8 Å². The van der Waals surface area contributed by atoms with Gasteiger partial charge in [-0.25, -0.2) is 8.42 Å². The summed E-state index contributed by atoms with van der Waals surface area (Å²) in [5, 5.41) is 3.17. The highest BCUT2D eigenvalue weighted by atomic mass is 35.5. The lowest BCUT2D eigenvalue weighted by Gasteiger charge is -2.23. The number of fused-ring (bicyclic) bond motifs is 1. The van der Waals surface area contributed by atoms with Gasteiger partial charge in [-0.2, -0.15) is 0 Å². The predicted octanol–water partition coefficient (Wildman–Crippen LogP) is 3.17. The molecule has 0 fully saturated rings. The fraction of sp³-hybridized carbons (Fsp3) is 0.235. The molecule has 2 aromatic carbocycles. The first-order chi connectivity index (χ1) is 12.7. The molecule has 1 aliphatic heterocycles. The molecule has 0 spiro atoms. The molecule has 0 aromatic heterocycles. The molecule has 0 radical (unpaired) electrons. The van der Waals surface area contributed by atoms with E-state index in [-0.39, 0.29) is 15.7 Å². The van der Waals surface area contributed by atoms with Crippen LogP contribution in [0, 0.1) is 0 Å². The van der Waals surface area contributed by atoms with Crippen molar-refractivity contribution in [2.75, 3.05) is 35.6 Å². The van der Waals surface area contributed by atoms with Crippen molar-refractivity contribution in [2.45, 2.75) is 0 Å². The summed E-state index contributed by atoms with van der Waals surface area (Å²) >= 11 is 11.9. The maximum Gasteiger partial charge on any atom is 0.245 e. The SMILES string of the molecule is CS(=O)(=O)N(CC(=O)Nc1ccc2c(c1)OCCO2)c1cc(Cl)cc(Cl)c1. The highest BCUT2D eigenvalue weighted by molar-refractivity contribution is 7.92. The van der Waals surface area contributed by atoms with E-state index >= 15 is 0 Å². The van der Waals surface area contributed by atoms with Crippen molar-refractivity contribution in [3.8, 4) is 11.5 Å². The van der Waals surface area contributed by atoms with Crippen LogP contribution in [0.15, 0.2) is 36.4 Å². The first-order valence-corrected chi connectivity index (χ1v) is 10.5. The van der Waals surface area contributed by atoms with Crippen LogP contribution >= 0.6 is 23.2 Å². The standard InChI is InChI=1S/C17H16Cl2N2O5S/c1-27(23,24)21(14-7-11(18)6-12(19)8-14)10-17(22)20-13-2-3-15-16(9-13)26-5-4-25-15/h2-3,6-9H,4-5,10H2,1H3,(H,20,22). The molecule has 0 saturated heterocycles. The van der Waals surface area contributed by atoms with Gasteiger partial charge in [0.05, 0.1) is 11.9 Å². The van der Waals surface area contributed by atoms with Crippen LogP contribution in [0.2, 0.25) is 10.0 Å². The second kappa shape index (κ2) is 7.84. The van der Waals surface area contributed by atoms with E-state index in [1.165, 1.54) is 18.2 Å². The number of sulfonamides is 1. The number of nitrogens with one attached hydrogen (secondary N) is 1. The molecule has 1 amide bonds. The molecule has 3 rings (SSSR count). The smallest absolute Gasteiger partial charge is 0.245 e. The van der Waals surface area contributed by atoms with Crippen LogP contribution in [0.1, 0.15) is 0 Å². The van der Waals surface area contributed by atoms with Crippen molar-refractivity contribution in [3.63, 3.8) is 0 Å². The van der Waals surface area contributed by atoms with Gasteiger partial charge < -0.3 is 14.8 Å². The van der Waals surface area contributed by atoms with Crippen LogP contribution in [0.5, 0.6) is 11.5 Å². The highest BCUT2D eigenvalue weighted by Crippen LogP contribution is 2.32. The van der Waals surface area contributed by atoms with Crippen LogP contribution in [0.4, 0.5) is 11.4 Å². The summed E-state index contributed by atoms with van der Waals surface area (Å²) in [5.41, 5.74) is 0.661. The second-order valence-electron chi connectivity index (χ2n) is 5.80. The lowest BCUT2D eigenvalue weighted by atomic mass is 10.2. The van der Waals surface area contributed by atoms with Crippen LogP contribution in [-0.4, -0.2) is 40.3 Å². The number of carbonyl (C=O) groups excluding carboxylic acids is 1. The molecular weight excluding hydrogens is 415 g/mol. The Morgan fingerprint density at radius 3 is 2.33 bits per heavy atom. The fourth-order valence-corrected chi connectivity index (χ4v) is 3.89. The van der Waals surface area contributed by atoms with Gasteiger partial charge in [0.25, 0.3) is 0 Å². The minimum absolute atomic E-state index is 0.201. The average molecular weight is 431 g/mol. The first-order valence-electron chi connectivity index (χ1n) is 7.86. The number of carbonyl (C=O) groups is 1. The maximum absolute atomic E-state index is 12.4. The molecule has 1 aliphatic rings. The Hall–Kier alpha value is -2.16. The fourth-order valence-electron chi connectivity index (χ4n) is 2.54. The minimum Gasteiger partial charge on any atom is -0.486 e. The molecule has 0 aliphatic carbocycles. The van der Waals surface area contributed by atoms with Gasteiger partial charge >= 0.3 is 0 Å². The van der Waals surface area contributed by atoms with E-state index in [0.717, 1.165) is 10.6 Å². The average Bonchev–Trinajstić information content (AvgIpc) is 2.57. The maximum atomic E-state index is 12.4. The van der Waals surface area contributed by atoms with Crippen LogP contribution in [0.3, 0.4) is 0 Å². The zero-order valence-corrected chi connectivity index (χ0v) is 16.6. The molecule has 1 heterocycles. The van der Waals surface area contributed by atoms with Gasteiger partial charge in [-0.3, -0.25) is 9.10 Å². The molecule has 2 aromatic rings. The third-order valence-electron chi connectivity index (χ3n) is 3.65. The van der Waals surface area contributed by atoms with E-state index in [1.807, 2.05) is 0 Å². The molecule has 0 saturated carbocycles. The number of benzene rings is 2. The third-order valence-corrected chi connectivity index (χ3v) is 5.23. The van der Waals surface area contributed by atoms with Gasteiger partial charge in [0.2, 0.25) is 15.9 Å². The zero-order valence-electron chi connectivity index (χ0n) is 14.2. The van der Waals surface area contributed by atoms with Crippen LogP contribution in [-0.2, 0) is 14.8 Å². The number of hydrogen-bond acceptors (Lipinski definition) is 5. The summed E-state index contributed by atoms with van der Waals surface area (Å²) in [6.07, 6.45) is 0.999. The molecule has 0 unspecified atom stereocenters. The summed E-state index contributed by atoms with van der Waals surface area (Å²) in [6.45, 7) is 0.440. The molecule has 0 bridgehead atoms. The van der Waals surface area contributed by atoms with Gasteiger partial charge in [-0.05, 0) is 30.3 Å². The summed E-state index contributed by atoms with van der Waals surface area (Å²) in [6, 6.07) is 9.26. The van der Waals surface area contributed by atoms with Crippen molar-refractivity contribution in [3.05, 3.63) is 46.4 Å². The van der Waals surface area contributed by atoms with Gasteiger partial charge in [0.15, 0.2) is 11.5 Å². The Morgan fingerprint density at radius 1 is 1.07 bits per heavy atom. The molecule has 7 nitrogen and oxygen atoms in total. The van der Waals surface area contributed by atoms with E-state index in [9.17, 15) is 13.2 Å². The zero-order chi connectivity index (χ0) is 19.6. The summed E-state index contributed by atoms with van der Waals surface area (Å²) in [5.74, 6) is 0.569. The molecule has 1 N–H and O–H groups in total. The Kier molecular flexibility index (Phi) is 5.69. The number of rotatable bonds is 5. The van der Waals surface area contributed by atoms with Crippen molar-refractivity contribution >= 4 is 50.5 Å². The van der Waals surface area contributed by atoms with E-state index in [4.69, 9.17) is 32.7 Å². The minimum atomic E-state index is -3.74. The lowest BCUT2D eigenvalue weighted by molar-refractivity contribution is -0.114. The Bertz CT molecular complexity index is 961. The van der Waals surface area contributed by atoms with Crippen molar-refractivity contribution in [2.24, 2.45) is 0 Å². The Morgan fingerprint density at radius 2 is 1.70 bits per heavy atom. The Labute approximate surface area is 166 Å². The van der Waals surface area contributed by atoms with Crippen LogP contribution in [0.25, 0.3) is 0 Å². The van der Waals surface area contributed by atoms with Crippen molar-refractivity contribution in [1.82, 2.24) is 0 Å². The number of anilines is 2. The monoisotopic (exact) mass is 430 g/mol. The number of halogens is 2. The number of ether oxygens (including phenoxy) is 2. The van der Waals surface area contributed by atoms with Gasteiger partial charge in [0.1, 0.15) is 19.8 Å². The number of nitrogens with zero attached hydrogens (tertiary/aromatic N) is 1. The van der Waals surface area contributed by atoms with Crippen LogP contribution < -0.4 is 19.1 Å². The highest BCUT2D eigenvalue weighted by Gasteiger charge is 2.22. The normalized spacial score (nSPS) is 13.1. The van der Waals surface area contributed by atoms with Gasteiger partial charge in [-0.15, -0.1) is 0 Å². The second-order valence-corrected chi connectivity index (χ2v) is 8.58. The summed E-state index contributed by atoms with van der Waals surface area (Å²) in [4.78, 5) is 12.4. The molecule has 27 heavy (non-hydrogen) atoms. The van der Waals surface area contributed by atoms with E-state index in [1.54, 1.807) is 18.2 Å². The quantitative estimate of drug-likeness (QED) is 0.786. The van der Waals surface area contributed by atoms with E-state index < -0.39 is 22.5 Å². The molecule has 144 valence electrons.